The van der Waals surface area contributed by atoms with Crippen molar-refractivity contribution in [2.45, 2.75) is 18.5 Å². The summed E-state index contributed by atoms with van der Waals surface area (Å²) in [6.45, 7) is 0.829. The predicted octanol–water partition coefficient (Wildman–Crippen LogP) is 4.02. The molecular weight excluding hydrogens is 450 g/mol. The average molecular weight is 473 g/mol. The largest absolute Gasteiger partial charge is 0.416 e. The summed E-state index contributed by atoms with van der Waals surface area (Å²) in [5, 5.41) is 0. The van der Waals surface area contributed by atoms with Crippen molar-refractivity contribution in [1.82, 2.24) is 24.8 Å². The molecule has 1 atom stereocenters. The molecular formula is C24H23F4N5O. The second-order valence-corrected chi connectivity index (χ2v) is 8.58. The van der Waals surface area contributed by atoms with Gasteiger partial charge in [-0.15, -0.1) is 0 Å². The summed E-state index contributed by atoms with van der Waals surface area (Å²) in [6, 6.07) is 5.85. The number of halogens is 4. The summed E-state index contributed by atoms with van der Waals surface area (Å²) in [5.41, 5.74) is 1.83. The Bertz CT molecular complexity index is 1230. The minimum absolute atomic E-state index is 0.107. The van der Waals surface area contributed by atoms with E-state index >= 15 is 0 Å². The fourth-order valence-electron chi connectivity index (χ4n) is 4.16. The number of pyridine rings is 1. The standard InChI is InChI=1S/C24H23F4N5O/c1-32(2)12-19(14-8-15(24(26,27)28)10-16(25)9-14)20-11-21(31-13-30-20)22-17-5-7-33(3)23(34)18(17)4-6-29-22/h4,6,8-11,13,19H,5,7,12H2,1-3H3. The third-order valence-corrected chi connectivity index (χ3v) is 5.82. The van der Waals surface area contributed by atoms with E-state index in [4.69, 9.17) is 0 Å². The van der Waals surface area contributed by atoms with Gasteiger partial charge in [0.15, 0.2) is 0 Å². The number of carbonyl (C=O) groups excluding carboxylic acids is 1. The zero-order chi connectivity index (χ0) is 24.6. The predicted molar refractivity (Wildman–Crippen MR) is 118 cm³/mol. The van der Waals surface area contributed by atoms with Crippen LogP contribution < -0.4 is 0 Å². The van der Waals surface area contributed by atoms with Crippen LogP contribution >= 0.6 is 0 Å². The van der Waals surface area contributed by atoms with E-state index < -0.39 is 23.5 Å². The van der Waals surface area contributed by atoms with Crippen LogP contribution in [0.15, 0.2) is 42.9 Å². The normalized spacial score (nSPS) is 14.9. The highest BCUT2D eigenvalue weighted by Crippen LogP contribution is 2.35. The Hall–Kier alpha value is -3.40. The number of nitrogens with zero attached hydrogens (tertiary/aromatic N) is 5. The number of amides is 1. The highest BCUT2D eigenvalue weighted by molar-refractivity contribution is 5.98. The molecule has 3 aromatic rings. The summed E-state index contributed by atoms with van der Waals surface area (Å²) >= 11 is 0. The zero-order valence-corrected chi connectivity index (χ0v) is 18.9. The maximum absolute atomic E-state index is 14.2. The summed E-state index contributed by atoms with van der Waals surface area (Å²) in [6.07, 6.45) is -1.23. The molecule has 2 aromatic heterocycles. The number of likely N-dealkylation sites (N-methyl/N-ethyl adjacent to an activating group) is 2. The van der Waals surface area contributed by atoms with Crippen molar-refractivity contribution in [2.75, 3.05) is 34.2 Å². The van der Waals surface area contributed by atoms with Gasteiger partial charge in [0, 0.05) is 37.8 Å². The molecule has 0 spiro atoms. The molecule has 0 fully saturated rings. The summed E-state index contributed by atoms with van der Waals surface area (Å²) in [4.78, 5) is 29.1. The molecule has 0 bridgehead atoms. The third-order valence-electron chi connectivity index (χ3n) is 5.82. The molecule has 0 N–H and O–H groups in total. The van der Waals surface area contributed by atoms with Gasteiger partial charge in [-0.25, -0.2) is 14.4 Å². The van der Waals surface area contributed by atoms with E-state index in [1.807, 2.05) is 0 Å². The molecule has 1 aliphatic rings. The van der Waals surface area contributed by atoms with Crippen LogP contribution in [0.1, 0.15) is 38.7 Å². The summed E-state index contributed by atoms with van der Waals surface area (Å²) in [7, 11) is 5.28. The maximum Gasteiger partial charge on any atom is 0.416 e. The van der Waals surface area contributed by atoms with E-state index in [9.17, 15) is 22.4 Å². The smallest absolute Gasteiger partial charge is 0.341 e. The van der Waals surface area contributed by atoms with Crippen molar-refractivity contribution in [1.29, 1.82) is 0 Å². The van der Waals surface area contributed by atoms with Crippen LogP contribution in [0.25, 0.3) is 11.4 Å². The number of rotatable bonds is 5. The van der Waals surface area contributed by atoms with Crippen molar-refractivity contribution < 1.29 is 22.4 Å². The Morgan fingerprint density at radius 3 is 2.59 bits per heavy atom. The van der Waals surface area contributed by atoms with Crippen molar-refractivity contribution in [3.8, 4) is 11.4 Å². The molecule has 1 aromatic carbocycles. The van der Waals surface area contributed by atoms with Crippen LogP contribution in [0, 0.1) is 5.82 Å². The van der Waals surface area contributed by atoms with E-state index in [2.05, 4.69) is 15.0 Å². The van der Waals surface area contributed by atoms with E-state index in [1.54, 1.807) is 43.1 Å². The number of fused-ring (bicyclic) bond motifs is 1. The number of alkyl halides is 3. The first-order valence-corrected chi connectivity index (χ1v) is 10.6. The maximum atomic E-state index is 14.2. The number of hydrogen-bond donors (Lipinski definition) is 0. The Morgan fingerprint density at radius 2 is 1.88 bits per heavy atom. The Balaban J connectivity index is 1.81. The lowest BCUT2D eigenvalue weighted by Gasteiger charge is -2.26. The minimum atomic E-state index is -4.68. The van der Waals surface area contributed by atoms with E-state index in [0.717, 1.165) is 17.7 Å². The van der Waals surface area contributed by atoms with Crippen LogP contribution in [0.5, 0.6) is 0 Å². The molecule has 0 aliphatic carbocycles. The highest BCUT2D eigenvalue weighted by atomic mass is 19.4. The van der Waals surface area contributed by atoms with Crippen molar-refractivity contribution >= 4 is 5.91 Å². The molecule has 10 heteroatoms. The van der Waals surface area contributed by atoms with Gasteiger partial charge in [0.2, 0.25) is 0 Å². The Labute approximate surface area is 194 Å². The lowest BCUT2D eigenvalue weighted by atomic mass is 9.91. The second-order valence-electron chi connectivity index (χ2n) is 8.58. The number of carbonyl (C=O) groups is 1. The van der Waals surface area contributed by atoms with Crippen LogP contribution in [0.4, 0.5) is 17.6 Å². The summed E-state index contributed by atoms with van der Waals surface area (Å²) in [5.74, 6) is -1.73. The molecule has 34 heavy (non-hydrogen) atoms. The van der Waals surface area contributed by atoms with Crippen LogP contribution in [0.2, 0.25) is 0 Å². The number of benzene rings is 1. The van der Waals surface area contributed by atoms with Crippen LogP contribution in [-0.4, -0.2) is 64.9 Å². The van der Waals surface area contributed by atoms with Gasteiger partial charge in [-0.1, -0.05) is 0 Å². The lowest BCUT2D eigenvalue weighted by Crippen LogP contribution is -2.34. The van der Waals surface area contributed by atoms with Gasteiger partial charge in [-0.2, -0.15) is 13.2 Å². The molecule has 178 valence electrons. The first-order chi connectivity index (χ1) is 16.0. The third kappa shape index (κ3) is 4.77. The Kier molecular flexibility index (Phi) is 6.35. The molecule has 4 rings (SSSR count). The van der Waals surface area contributed by atoms with Gasteiger partial charge < -0.3 is 9.80 Å². The van der Waals surface area contributed by atoms with Crippen LogP contribution in [-0.2, 0) is 12.6 Å². The second kappa shape index (κ2) is 9.09. The van der Waals surface area contributed by atoms with Gasteiger partial charge in [-0.3, -0.25) is 9.78 Å². The van der Waals surface area contributed by atoms with Gasteiger partial charge in [-0.05, 0) is 62.0 Å². The Morgan fingerprint density at radius 1 is 1.12 bits per heavy atom. The molecule has 0 saturated heterocycles. The zero-order valence-electron chi connectivity index (χ0n) is 18.9. The molecule has 0 saturated carbocycles. The first kappa shape index (κ1) is 23.7. The molecule has 1 aliphatic heterocycles. The molecule has 6 nitrogen and oxygen atoms in total. The number of hydrogen-bond acceptors (Lipinski definition) is 5. The fourth-order valence-corrected chi connectivity index (χ4v) is 4.16. The minimum Gasteiger partial charge on any atom is -0.341 e. The van der Waals surface area contributed by atoms with Crippen molar-refractivity contribution in [3.63, 3.8) is 0 Å². The molecule has 1 unspecified atom stereocenters. The topological polar surface area (TPSA) is 62.2 Å². The average Bonchev–Trinajstić information content (AvgIpc) is 2.78. The van der Waals surface area contributed by atoms with Gasteiger partial charge >= 0.3 is 6.18 Å². The molecule has 1 amide bonds. The van der Waals surface area contributed by atoms with Gasteiger partial charge in [0.1, 0.15) is 12.1 Å². The fraction of sp³-hybridized carbons (Fsp3) is 0.333. The van der Waals surface area contributed by atoms with E-state index in [0.29, 0.717) is 48.2 Å². The van der Waals surface area contributed by atoms with Gasteiger partial charge in [0.05, 0.1) is 22.6 Å². The van der Waals surface area contributed by atoms with E-state index in [1.165, 1.54) is 12.5 Å². The SMILES string of the molecule is CN(C)CC(c1cc(F)cc(C(F)(F)F)c1)c1cc(-c2nccc3c2CCN(C)C3=O)ncn1. The lowest BCUT2D eigenvalue weighted by molar-refractivity contribution is -0.137. The first-order valence-electron chi connectivity index (χ1n) is 10.6. The summed E-state index contributed by atoms with van der Waals surface area (Å²) < 4.78 is 54.2. The number of aromatic nitrogens is 3. The highest BCUT2D eigenvalue weighted by Gasteiger charge is 2.33. The van der Waals surface area contributed by atoms with E-state index in [-0.39, 0.29) is 11.5 Å². The molecule has 0 radical (unpaired) electrons. The van der Waals surface area contributed by atoms with Crippen LogP contribution in [0.3, 0.4) is 0 Å². The monoisotopic (exact) mass is 473 g/mol. The van der Waals surface area contributed by atoms with Crippen molar-refractivity contribution in [2.24, 2.45) is 0 Å². The molecule has 3 heterocycles. The quantitative estimate of drug-likeness (QED) is 0.524. The van der Waals surface area contributed by atoms with Crippen molar-refractivity contribution in [3.05, 3.63) is 76.6 Å². The van der Waals surface area contributed by atoms with Gasteiger partial charge in [0.25, 0.3) is 5.91 Å².